The highest BCUT2D eigenvalue weighted by molar-refractivity contribution is 5.48. The first-order valence-electron chi connectivity index (χ1n) is 4.49. The molecular weight excluding hydrogens is 219 g/mol. The van der Waals surface area contributed by atoms with Crippen molar-refractivity contribution >= 4 is 11.7 Å². The number of rotatable bonds is 1. The van der Waals surface area contributed by atoms with Crippen LogP contribution in [-0.4, -0.2) is 14.6 Å². The molecule has 6 heteroatoms. The summed E-state index contributed by atoms with van der Waals surface area (Å²) >= 11 is 0. The smallest absolute Gasteiger partial charge is 0.222 e. The van der Waals surface area contributed by atoms with Crippen LogP contribution >= 0.6 is 0 Å². The van der Waals surface area contributed by atoms with Gasteiger partial charge in [-0.2, -0.15) is 18.3 Å². The average Bonchev–Trinajstić information content (AvgIpc) is 2.55. The number of alkyl halides is 3. The van der Waals surface area contributed by atoms with Crippen LogP contribution in [0, 0.1) is 6.92 Å². The Morgan fingerprint density at radius 2 is 2.06 bits per heavy atom. The third-order valence-electron chi connectivity index (χ3n) is 2.20. The molecule has 0 aromatic carbocycles. The van der Waals surface area contributed by atoms with Gasteiger partial charge < -0.3 is 0 Å². The van der Waals surface area contributed by atoms with Gasteiger partial charge in [0.1, 0.15) is 0 Å². The van der Waals surface area contributed by atoms with Crippen molar-refractivity contribution in [2.24, 2.45) is 0 Å². The lowest BCUT2D eigenvalue weighted by molar-refractivity contribution is -0.141. The second-order valence-electron chi connectivity index (χ2n) is 3.28. The Balaban J connectivity index is 2.73. The fourth-order valence-electron chi connectivity index (χ4n) is 1.44. The largest absolute Gasteiger partial charge is 0.435 e. The molecule has 0 atom stereocenters. The van der Waals surface area contributed by atoms with Crippen LogP contribution in [0.1, 0.15) is 17.1 Å². The number of hydrogen-bond donors (Lipinski definition) is 0. The maximum Gasteiger partial charge on any atom is 0.435 e. The summed E-state index contributed by atoms with van der Waals surface area (Å²) in [6.45, 7) is 4.84. The van der Waals surface area contributed by atoms with Crippen molar-refractivity contribution in [2.45, 2.75) is 13.1 Å². The molecule has 3 nitrogen and oxygen atoms in total. The van der Waals surface area contributed by atoms with Gasteiger partial charge in [-0.1, -0.05) is 6.58 Å². The van der Waals surface area contributed by atoms with Gasteiger partial charge in [0.2, 0.25) is 0 Å². The van der Waals surface area contributed by atoms with Gasteiger partial charge in [-0.3, -0.25) is 0 Å². The van der Waals surface area contributed by atoms with Crippen LogP contribution < -0.4 is 0 Å². The topological polar surface area (TPSA) is 30.2 Å². The van der Waals surface area contributed by atoms with Crippen molar-refractivity contribution < 1.29 is 13.2 Å². The third kappa shape index (κ3) is 1.56. The Hall–Kier alpha value is -1.85. The Labute approximate surface area is 89.2 Å². The molecule has 0 bridgehead atoms. The Kier molecular flexibility index (Phi) is 2.22. The summed E-state index contributed by atoms with van der Waals surface area (Å²) in [4.78, 5) is 3.50. The molecule has 0 radical (unpaired) electrons. The second-order valence-corrected chi connectivity index (χ2v) is 3.28. The number of aryl methyl sites for hydroxylation is 1. The zero-order valence-corrected chi connectivity index (χ0v) is 8.41. The molecule has 0 fully saturated rings. The van der Waals surface area contributed by atoms with E-state index in [-0.39, 0.29) is 11.3 Å². The van der Waals surface area contributed by atoms with Gasteiger partial charge in [-0.15, -0.1) is 0 Å². The van der Waals surface area contributed by atoms with E-state index in [4.69, 9.17) is 0 Å². The van der Waals surface area contributed by atoms with E-state index < -0.39 is 11.9 Å². The van der Waals surface area contributed by atoms with Crippen LogP contribution in [0.3, 0.4) is 0 Å². The van der Waals surface area contributed by atoms with E-state index in [1.165, 1.54) is 23.6 Å². The molecule has 0 saturated heterocycles. The van der Waals surface area contributed by atoms with E-state index in [0.29, 0.717) is 5.69 Å². The van der Waals surface area contributed by atoms with Gasteiger partial charge in [0.25, 0.3) is 0 Å². The van der Waals surface area contributed by atoms with Gasteiger partial charge in [0, 0.05) is 0 Å². The molecule has 2 aromatic heterocycles. The van der Waals surface area contributed by atoms with Crippen molar-refractivity contribution in [1.29, 1.82) is 0 Å². The lowest BCUT2D eigenvalue weighted by Crippen LogP contribution is -2.08. The number of halogens is 3. The quantitative estimate of drug-likeness (QED) is 0.749. The average molecular weight is 227 g/mol. The molecule has 2 rings (SSSR count). The highest BCUT2D eigenvalue weighted by atomic mass is 19.4. The molecule has 0 aliphatic heterocycles. The summed E-state index contributed by atoms with van der Waals surface area (Å²) in [7, 11) is 0. The monoisotopic (exact) mass is 227 g/mol. The number of nitrogens with zero attached hydrogens (tertiary/aromatic N) is 3. The minimum atomic E-state index is -4.45. The molecular formula is C10H8F3N3. The molecule has 0 unspecified atom stereocenters. The van der Waals surface area contributed by atoms with Crippen LogP contribution in [0.15, 0.2) is 18.7 Å². The standard InChI is InChI=1S/C10H8F3N3/c1-3-7-4-5-8-14-9(10(11,12)13)6(2)16(8)15-7/h3-5H,1H2,2H3. The van der Waals surface area contributed by atoms with Crippen molar-refractivity contribution in [1.82, 2.24) is 14.6 Å². The molecule has 2 heterocycles. The normalized spacial score (nSPS) is 12.0. The Bertz CT molecular complexity index is 554. The van der Waals surface area contributed by atoms with Crippen molar-refractivity contribution in [3.05, 3.63) is 35.8 Å². The van der Waals surface area contributed by atoms with Crippen LogP contribution in [-0.2, 0) is 6.18 Å². The van der Waals surface area contributed by atoms with Crippen molar-refractivity contribution in [2.75, 3.05) is 0 Å². The first-order chi connectivity index (χ1) is 7.43. The fraction of sp³-hybridized carbons (Fsp3) is 0.200. The number of aromatic nitrogens is 3. The highest BCUT2D eigenvalue weighted by Crippen LogP contribution is 2.31. The van der Waals surface area contributed by atoms with Crippen molar-refractivity contribution in [3.8, 4) is 0 Å². The maximum atomic E-state index is 12.5. The zero-order chi connectivity index (χ0) is 11.9. The summed E-state index contributed by atoms with van der Waals surface area (Å²) in [5.41, 5.74) is -0.246. The second kappa shape index (κ2) is 3.33. The fourth-order valence-corrected chi connectivity index (χ4v) is 1.44. The SMILES string of the molecule is C=Cc1ccc2nc(C(F)(F)F)c(C)n2n1. The summed E-state index contributed by atoms with van der Waals surface area (Å²) in [5, 5.41) is 3.96. The number of fused-ring (bicyclic) bond motifs is 1. The van der Waals surface area contributed by atoms with E-state index >= 15 is 0 Å². The molecule has 84 valence electrons. The van der Waals surface area contributed by atoms with E-state index in [1.807, 2.05) is 0 Å². The van der Waals surface area contributed by atoms with Crippen LogP contribution in [0.2, 0.25) is 0 Å². The van der Waals surface area contributed by atoms with Crippen LogP contribution in [0.5, 0.6) is 0 Å². The van der Waals surface area contributed by atoms with E-state index in [0.717, 1.165) is 0 Å². The van der Waals surface area contributed by atoms with E-state index in [1.54, 1.807) is 6.07 Å². The van der Waals surface area contributed by atoms with Gasteiger partial charge in [0.05, 0.1) is 11.4 Å². The van der Waals surface area contributed by atoms with E-state index in [9.17, 15) is 13.2 Å². The molecule has 2 aromatic rings. The first-order valence-corrected chi connectivity index (χ1v) is 4.49. The van der Waals surface area contributed by atoms with Gasteiger partial charge in [-0.25, -0.2) is 9.50 Å². The Morgan fingerprint density at radius 1 is 1.38 bits per heavy atom. The summed E-state index contributed by atoms with van der Waals surface area (Å²) < 4.78 is 38.8. The molecule has 0 amide bonds. The number of hydrogen-bond acceptors (Lipinski definition) is 2. The minimum Gasteiger partial charge on any atom is -0.222 e. The predicted octanol–water partition coefficient (Wildman–Crippen LogP) is 2.70. The van der Waals surface area contributed by atoms with E-state index in [2.05, 4.69) is 16.7 Å². The number of imidazole rings is 1. The molecule has 0 saturated carbocycles. The Morgan fingerprint density at radius 3 is 2.62 bits per heavy atom. The lowest BCUT2D eigenvalue weighted by Gasteiger charge is -2.02. The zero-order valence-electron chi connectivity index (χ0n) is 8.41. The van der Waals surface area contributed by atoms with Crippen LogP contribution in [0.25, 0.3) is 11.7 Å². The van der Waals surface area contributed by atoms with Gasteiger partial charge in [0.15, 0.2) is 11.3 Å². The summed E-state index contributed by atoms with van der Waals surface area (Å²) in [5.74, 6) is 0. The summed E-state index contributed by atoms with van der Waals surface area (Å²) in [6, 6.07) is 3.04. The molecule has 0 N–H and O–H groups in total. The maximum absolute atomic E-state index is 12.5. The highest BCUT2D eigenvalue weighted by Gasteiger charge is 2.36. The molecule has 0 aliphatic carbocycles. The van der Waals surface area contributed by atoms with Gasteiger partial charge in [-0.05, 0) is 25.1 Å². The minimum absolute atomic E-state index is 0.0220. The molecule has 0 aliphatic rings. The first kappa shape index (κ1) is 10.7. The predicted molar refractivity (Wildman–Crippen MR) is 52.8 cm³/mol. The molecule has 0 spiro atoms. The van der Waals surface area contributed by atoms with Crippen molar-refractivity contribution in [3.63, 3.8) is 0 Å². The summed E-state index contributed by atoms with van der Waals surface area (Å²) in [6.07, 6.45) is -2.99. The van der Waals surface area contributed by atoms with Crippen LogP contribution in [0.4, 0.5) is 13.2 Å². The van der Waals surface area contributed by atoms with Gasteiger partial charge >= 0.3 is 6.18 Å². The lowest BCUT2D eigenvalue weighted by atomic mass is 10.3. The molecule has 16 heavy (non-hydrogen) atoms. The third-order valence-corrected chi connectivity index (χ3v) is 2.20.